The van der Waals surface area contributed by atoms with Gasteiger partial charge in [0.1, 0.15) is 5.60 Å². The van der Waals surface area contributed by atoms with Crippen molar-refractivity contribution >= 4 is 29.3 Å². The number of hydrogen-bond donors (Lipinski definition) is 2. The van der Waals surface area contributed by atoms with Crippen molar-refractivity contribution in [3.63, 3.8) is 0 Å². The molecule has 0 bridgehead atoms. The molecule has 156 valence electrons. The summed E-state index contributed by atoms with van der Waals surface area (Å²) < 4.78 is 11.9. The Hall–Kier alpha value is -3.36. The second-order valence-electron chi connectivity index (χ2n) is 7.50. The lowest BCUT2D eigenvalue weighted by Crippen LogP contribution is -2.27. The summed E-state index contributed by atoms with van der Waals surface area (Å²) in [5, 5.41) is 9.45. The quantitative estimate of drug-likeness (QED) is 0.743. The Morgan fingerprint density at radius 1 is 1.14 bits per heavy atom. The summed E-state index contributed by atoms with van der Waals surface area (Å²) in [4.78, 5) is 36.2. The summed E-state index contributed by atoms with van der Waals surface area (Å²) in [5.41, 5.74) is 1.99. The Balaban J connectivity index is 1.93. The Bertz CT molecular complexity index is 927. The second-order valence-corrected chi connectivity index (χ2v) is 7.50. The lowest BCUT2D eigenvalue weighted by molar-refractivity contribution is -0.119. The molecule has 0 unspecified atom stereocenters. The molecule has 0 spiro atoms. The first-order chi connectivity index (χ1) is 13.5. The Morgan fingerprint density at radius 3 is 2.41 bits per heavy atom. The minimum atomic E-state index is -0.687. The van der Waals surface area contributed by atoms with Crippen LogP contribution in [0.25, 0.3) is 0 Å². The van der Waals surface area contributed by atoms with Crippen LogP contribution in [0.1, 0.15) is 42.5 Å². The van der Waals surface area contributed by atoms with Crippen LogP contribution in [0.3, 0.4) is 0 Å². The molecule has 1 aromatic heterocycles. The average Bonchev–Trinajstić information content (AvgIpc) is 2.84. The molecule has 9 nitrogen and oxygen atoms in total. The van der Waals surface area contributed by atoms with Gasteiger partial charge in [0, 0.05) is 12.7 Å². The molecular weight excluding hydrogens is 376 g/mol. The van der Waals surface area contributed by atoms with Crippen LogP contribution in [0.5, 0.6) is 0 Å². The normalized spacial score (nSPS) is 11.0. The molecule has 29 heavy (non-hydrogen) atoms. The molecule has 0 aliphatic heterocycles. The maximum atomic E-state index is 12.2. The van der Waals surface area contributed by atoms with Crippen LogP contribution in [-0.4, -0.2) is 40.0 Å². The number of nitrogens with zero attached hydrogens (tertiary/aromatic N) is 2. The van der Waals surface area contributed by atoms with Gasteiger partial charge in [-0.05, 0) is 52.8 Å². The number of aromatic nitrogens is 2. The van der Waals surface area contributed by atoms with Crippen LogP contribution in [0, 0.1) is 13.8 Å². The summed E-state index contributed by atoms with van der Waals surface area (Å²) in [7, 11) is 1.77. The third-order valence-electron chi connectivity index (χ3n) is 3.85. The molecule has 2 rings (SSSR count). The summed E-state index contributed by atoms with van der Waals surface area (Å²) in [6.45, 7) is 8.40. The van der Waals surface area contributed by atoms with Crippen LogP contribution in [0.4, 0.5) is 16.2 Å². The van der Waals surface area contributed by atoms with Gasteiger partial charge in [0.25, 0.3) is 5.91 Å². The average molecular weight is 402 g/mol. The molecule has 0 saturated heterocycles. The van der Waals surface area contributed by atoms with E-state index in [1.165, 1.54) is 12.1 Å². The molecule has 1 aromatic carbocycles. The zero-order valence-electron chi connectivity index (χ0n) is 17.5. The Kier molecular flexibility index (Phi) is 6.63. The van der Waals surface area contributed by atoms with E-state index in [1.54, 1.807) is 51.6 Å². The number of benzene rings is 1. The van der Waals surface area contributed by atoms with Crippen molar-refractivity contribution in [2.75, 3.05) is 17.2 Å². The topological polar surface area (TPSA) is 112 Å². The van der Waals surface area contributed by atoms with Gasteiger partial charge in [0.2, 0.25) is 0 Å². The highest BCUT2D eigenvalue weighted by Crippen LogP contribution is 2.18. The number of amides is 2. The van der Waals surface area contributed by atoms with Gasteiger partial charge in [-0.1, -0.05) is 6.07 Å². The zero-order valence-corrected chi connectivity index (χ0v) is 17.5. The number of hydrogen-bond acceptors (Lipinski definition) is 6. The van der Waals surface area contributed by atoms with E-state index >= 15 is 0 Å². The van der Waals surface area contributed by atoms with E-state index in [0.29, 0.717) is 17.1 Å². The van der Waals surface area contributed by atoms with Gasteiger partial charge in [0.05, 0.1) is 22.6 Å². The van der Waals surface area contributed by atoms with Crippen molar-refractivity contribution in [1.82, 2.24) is 9.78 Å². The van der Waals surface area contributed by atoms with E-state index in [0.717, 1.165) is 5.69 Å². The van der Waals surface area contributed by atoms with Gasteiger partial charge in [-0.15, -0.1) is 0 Å². The lowest BCUT2D eigenvalue weighted by Gasteiger charge is -2.19. The summed E-state index contributed by atoms with van der Waals surface area (Å²) in [6, 6.07) is 6.17. The van der Waals surface area contributed by atoms with E-state index in [4.69, 9.17) is 9.47 Å². The predicted molar refractivity (Wildman–Crippen MR) is 108 cm³/mol. The number of anilines is 2. The molecule has 2 aromatic rings. The molecule has 0 aliphatic carbocycles. The van der Waals surface area contributed by atoms with Crippen LogP contribution in [-0.2, 0) is 21.3 Å². The van der Waals surface area contributed by atoms with E-state index < -0.39 is 30.2 Å². The first kappa shape index (κ1) is 21.9. The monoisotopic (exact) mass is 402 g/mol. The maximum absolute atomic E-state index is 12.2. The SMILES string of the molecule is Cc1nn(C)c(C)c1NC(=O)COC(=O)c1cccc(NC(=O)OC(C)(C)C)c1. The highest BCUT2D eigenvalue weighted by Gasteiger charge is 2.18. The Labute approximate surface area is 169 Å². The van der Waals surface area contributed by atoms with Crippen molar-refractivity contribution in [2.24, 2.45) is 7.05 Å². The maximum Gasteiger partial charge on any atom is 0.412 e. The summed E-state index contributed by atoms with van der Waals surface area (Å²) in [5.74, 6) is -1.16. The van der Waals surface area contributed by atoms with Crippen molar-refractivity contribution in [1.29, 1.82) is 0 Å². The minimum Gasteiger partial charge on any atom is -0.452 e. The first-order valence-electron chi connectivity index (χ1n) is 9.03. The number of carbonyl (C=O) groups is 3. The van der Waals surface area contributed by atoms with Crippen LogP contribution >= 0.6 is 0 Å². The van der Waals surface area contributed by atoms with Crippen LogP contribution in [0.2, 0.25) is 0 Å². The highest BCUT2D eigenvalue weighted by atomic mass is 16.6. The molecule has 0 fully saturated rings. The fourth-order valence-electron chi connectivity index (χ4n) is 2.49. The largest absolute Gasteiger partial charge is 0.452 e. The van der Waals surface area contributed by atoms with Gasteiger partial charge < -0.3 is 14.8 Å². The molecule has 0 atom stereocenters. The second kappa shape index (κ2) is 8.76. The van der Waals surface area contributed by atoms with E-state index in [1.807, 2.05) is 6.92 Å². The minimum absolute atomic E-state index is 0.195. The number of esters is 1. The molecule has 2 N–H and O–H groups in total. The van der Waals surface area contributed by atoms with Gasteiger partial charge in [-0.25, -0.2) is 9.59 Å². The number of ether oxygens (including phenoxy) is 2. The smallest absolute Gasteiger partial charge is 0.412 e. The summed E-state index contributed by atoms with van der Waals surface area (Å²) >= 11 is 0. The third-order valence-corrected chi connectivity index (χ3v) is 3.85. The molecule has 9 heteroatoms. The highest BCUT2D eigenvalue weighted by molar-refractivity contribution is 5.97. The molecule has 0 aliphatic rings. The van der Waals surface area contributed by atoms with Gasteiger partial charge >= 0.3 is 12.1 Å². The first-order valence-corrected chi connectivity index (χ1v) is 9.03. The zero-order chi connectivity index (χ0) is 21.8. The number of nitrogens with one attached hydrogen (secondary N) is 2. The van der Waals surface area contributed by atoms with Crippen molar-refractivity contribution in [2.45, 2.75) is 40.2 Å². The predicted octanol–water partition coefficient (Wildman–Crippen LogP) is 3.18. The van der Waals surface area contributed by atoms with Crippen molar-refractivity contribution < 1.29 is 23.9 Å². The molecule has 0 radical (unpaired) electrons. The van der Waals surface area contributed by atoms with Crippen LogP contribution in [0.15, 0.2) is 24.3 Å². The van der Waals surface area contributed by atoms with Crippen molar-refractivity contribution in [3.05, 3.63) is 41.2 Å². The number of aryl methyl sites for hydroxylation is 2. The van der Waals surface area contributed by atoms with E-state index in [9.17, 15) is 14.4 Å². The molecular formula is C20H26N4O5. The van der Waals surface area contributed by atoms with Crippen molar-refractivity contribution in [3.8, 4) is 0 Å². The van der Waals surface area contributed by atoms with Crippen LogP contribution < -0.4 is 10.6 Å². The van der Waals surface area contributed by atoms with Gasteiger partial charge in [-0.3, -0.25) is 14.8 Å². The number of carbonyl (C=O) groups excluding carboxylic acids is 3. The Morgan fingerprint density at radius 2 is 1.83 bits per heavy atom. The molecule has 0 saturated carbocycles. The van der Waals surface area contributed by atoms with E-state index in [2.05, 4.69) is 15.7 Å². The van der Waals surface area contributed by atoms with Gasteiger partial charge in [0.15, 0.2) is 6.61 Å². The van der Waals surface area contributed by atoms with E-state index in [-0.39, 0.29) is 5.56 Å². The fourth-order valence-corrected chi connectivity index (χ4v) is 2.49. The summed E-state index contributed by atoms with van der Waals surface area (Å²) in [6.07, 6.45) is -0.635. The third kappa shape index (κ3) is 6.34. The molecule has 2 amide bonds. The number of rotatable bonds is 5. The van der Waals surface area contributed by atoms with Gasteiger partial charge in [-0.2, -0.15) is 5.10 Å². The fraction of sp³-hybridized carbons (Fsp3) is 0.400. The lowest BCUT2D eigenvalue weighted by atomic mass is 10.2. The molecule has 1 heterocycles. The standard InChI is InChI=1S/C20H26N4O5/c1-12-17(13(2)24(6)23-12)22-16(25)11-28-18(26)14-8-7-9-15(10-14)21-19(27)29-20(3,4)5/h7-10H,11H2,1-6H3,(H,21,27)(H,22,25).